The average Bonchev–Trinajstić information content (AvgIpc) is 2.64. The molecular weight excluding hydrogens is 271 g/mol. The maximum Gasteiger partial charge on any atom is 0.452 e. The Morgan fingerprint density at radius 2 is 2.22 bits per heavy atom. The van der Waals surface area contributed by atoms with Gasteiger partial charge in [-0.2, -0.15) is 22.5 Å². The summed E-state index contributed by atoms with van der Waals surface area (Å²) in [5.41, 5.74) is 0. The summed E-state index contributed by atoms with van der Waals surface area (Å²) in [5.74, 6) is -2.05. The van der Waals surface area contributed by atoms with E-state index in [4.69, 9.17) is 5.11 Å². The molecule has 0 amide bonds. The Kier molecular flexibility index (Phi) is 4.88. The number of hydrogen-bond acceptors (Lipinski definition) is 5. The van der Waals surface area contributed by atoms with Gasteiger partial charge in [-0.05, 0) is 19.8 Å². The molecule has 102 valence electrons. The topological polar surface area (TPSA) is 75.1 Å². The summed E-state index contributed by atoms with van der Waals surface area (Å²) < 4.78 is 39.9. The van der Waals surface area contributed by atoms with Crippen LogP contribution in [0.5, 0.6) is 0 Å². The first-order chi connectivity index (χ1) is 8.29. The van der Waals surface area contributed by atoms with Crippen LogP contribution in [0.4, 0.5) is 18.3 Å². The fourth-order valence-corrected chi connectivity index (χ4v) is 1.94. The third kappa shape index (κ3) is 4.86. The van der Waals surface area contributed by atoms with Crippen molar-refractivity contribution in [2.75, 3.05) is 5.32 Å². The number of aliphatic carboxylic acids is 1. The van der Waals surface area contributed by atoms with Crippen molar-refractivity contribution in [1.82, 2.24) is 9.36 Å². The molecule has 1 rings (SSSR count). The third-order valence-corrected chi connectivity index (χ3v) is 2.72. The SMILES string of the molecule is CC(CCCC(=O)O)Nc1nc(C(F)(F)F)ns1. The monoisotopic (exact) mass is 283 g/mol. The molecule has 0 fully saturated rings. The number of nitrogens with one attached hydrogen (secondary N) is 1. The highest BCUT2D eigenvalue weighted by atomic mass is 32.1. The van der Waals surface area contributed by atoms with Crippen LogP contribution < -0.4 is 5.32 Å². The van der Waals surface area contributed by atoms with E-state index in [9.17, 15) is 18.0 Å². The highest BCUT2D eigenvalue weighted by Crippen LogP contribution is 2.29. The number of carbonyl (C=O) groups is 1. The number of carboxylic acids is 1. The average molecular weight is 283 g/mol. The van der Waals surface area contributed by atoms with E-state index in [0.717, 1.165) is 0 Å². The standard InChI is InChI=1S/C9H12F3N3O2S/c1-5(3-2-4-6(16)17)13-8-14-7(15-18-8)9(10,11)12/h5H,2-4H2,1H3,(H,16,17)(H,13,14,15). The molecule has 9 heteroatoms. The van der Waals surface area contributed by atoms with Gasteiger partial charge in [-0.3, -0.25) is 4.79 Å². The van der Waals surface area contributed by atoms with Crippen molar-refractivity contribution in [3.05, 3.63) is 5.82 Å². The number of nitrogens with zero attached hydrogens (tertiary/aromatic N) is 2. The first kappa shape index (κ1) is 14.7. The van der Waals surface area contributed by atoms with Gasteiger partial charge in [-0.15, -0.1) is 0 Å². The molecule has 1 heterocycles. The van der Waals surface area contributed by atoms with Gasteiger partial charge in [-0.25, -0.2) is 0 Å². The summed E-state index contributed by atoms with van der Waals surface area (Å²) >= 11 is 0.636. The maximum absolute atomic E-state index is 12.2. The van der Waals surface area contributed by atoms with E-state index >= 15 is 0 Å². The molecule has 1 atom stereocenters. The highest BCUT2D eigenvalue weighted by molar-refractivity contribution is 7.09. The van der Waals surface area contributed by atoms with Crippen molar-refractivity contribution in [1.29, 1.82) is 0 Å². The minimum absolute atomic E-state index is 0.0376. The molecule has 0 radical (unpaired) electrons. The van der Waals surface area contributed by atoms with Crippen molar-refractivity contribution in [2.45, 2.75) is 38.4 Å². The number of alkyl halides is 3. The fraction of sp³-hybridized carbons (Fsp3) is 0.667. The lowest BCUT2D eigenvalue weighted by atomic mass is 10.1. The zero-order chi connectivity index (χ0) is 13.8. The van der Waals surface area contributed by atoms with Crippen molar-refractivity contribution in [3.8, 4) is 0 Å². The highest BCUT2D eigenvalue weighted by Gasteiger charge is 2.36. The van der Waals surface area contributed by atoms with E-state index in [-0.39, 0.29) is 17.6 Å². The maximum atomic E-state index is 12.2. The molecule has 0 aliphatic heterocycles. The van der Waals surface area contributed by atoms with Gasteiger partial charge >= 0.3 is 12.1 Å². The van der Waals surface area contributed by atoms with Crippen LogP contribution in [-0.2, 0) is 11.0 Å². The molecule has 18 heavy (non-hydrogen) atoms. The largest absolute Gasteiger partial charge is 0.481 e. The number of carboxylic acid groups (broad SMARTS) is 1. The number of anilines is 1. The Balaban J connectivity index is 2.42. The summed E-state index contributed by atoms with van der Waals surface area (Å²) in [5, 5.41) is 11.3. The lowest BCUT2D eigenvalue weighted by molar-refractivity contribution is -0.144. The van der Waals surface area contributed by atoms with Crippen LogP contribution in [0, 0.1) is 0 Å². The van der Waals surface area contributed by atoms with Crippen LogP contribution in [0.25, 0.3) is 0 Å². The second-order valence-electron chi connectivity index (χ2n) is 3.75. The van der Waals surface area contributed by atoms with Crippen LogP contribution >= 0.6 is 11.5 Å². The molecule has 1 aromatic rings. The second-order valence-corrected chi connectivity index (χ2v) is 4.50. The molecule has 1 unspecified atom stereocenters. The van der Waals surface area contributed by atoms with Gasteiger partial charge < -0.3 is 10.4 Å². The van der Waals surface area contributed by atoms with Crippen LogP contribution in [0.1, 0.15) is 32.0 Å². The van der Waals surface area contributed by atoms with Crippen LogP contribution in [-0.4, -0.2) is 26.5 Å². The molecular formula is C9H12F3N3O2S. The van der Waals surface area contributed by atoms with E-state index in [1.807, 2.05) is 0 Å². The molecule has 0 aromatic carbocycles. The molecule has 1 aromatic heterocycles. The van der Waals surface area contributed by atoms with Gasteiger partial charge in [0.2, 0.25) is 11.0 Å². The lowest BCUT2D eigenvalue weighted by Crippen LogP contribution is -2.16. The van der Waals surface area contributed by atoms with E-state index in [1.165, 1.54) is 0 Å². The van der Waals surface area contributed by atoms with Gasteiger partial charge in [0.05, 0.1) is 0 Å². The molecule has 0 bridgehead atoms. The zero-order valence-corrected chi connectivity index (χ0v) is 10.3. The number of halogens is 3. The quantitative estimate of drug-likeness (QED) is 0.839. The van der Waals surface area contributed by atoms with Crippen LogP contribution in [0.2, 0.25) is 0 Å². The first-order valence-electron chi connectivity index (χ1n) is 5.18. The van der Waals surface area contributed by atoms with E-state index in [2.05, 4.69) is 14.7 Å². The minimum atomic E-state index is -4.54. The summed E-state index contributed by atoms with van der Waals surface area (Å²) in [4.78, 5) is 13.6. The Morgan fingerprint density at radius 3 is 2.72 bits per heavy atom. The Morgan fingerprint density at radius 1 is 1.56 bits per heavy atom. The predicted molar refractivity (Wildman–Crippen MR) is 59.5 cm³/mol. The second kappa shape index (κ2) is 5.98. The predicted octanol–water partition coefficient (Wildman–Crippen LogP) is 2.61. The molecule has 0 aliphatic rings. The summed E-state index contributed by atoms with van der Waals surface area (Å²) in [7, 11) is 0. The number of hydrogen-bond donors (Lipinski definition) is 2. The lowest BCUT2D eigenvalue weighted by Gasteiger charge is -2.11. The molecule has 0 saturated heterocycles. The van der Waals surface area contributed by atoms with Crippen molar-refractivity contribution in [3.63, 3.8) is 0 Å². The number of rotatable bonds is 6. The smallest absolute Gasteiger partial charge is 0.452 e. The Hall–Kier alpha value is -1.38. The van der Waals surface area contributed by atoms with Gasteiger partial charge in [0.15, 0.2) is 0 Å². The summed E-state index contributed by atoms with van der Waals surface area (Å²) in [6.07, 6.45) is -3.51. The number of aromatic nitrogens is 2. The molecule has 5 nitrogen and oxygen atoms in total. The van der Waals surface area contributed by atoms with Crippen molar-refractivity contribution < 1.29 is 23.1 Å². The fourth-order valence-electron chi connectivity index (χ4n) is 1.24. The zero-order valence-electron chi connectivity index (χ0n) is 9.49. The van der Waals surface area contributed by atoms with Gasteiger partial charge in [0, 0.05) is 24.0 Å². The normalized spacial score (nSPS) is 13.3. The first-order valence-corrected chi connectivity index (χ1v) is 5.95. The molecule has 0 saturated carbocycles. The summed E-state index contributed by atoms with van der Waals surface area (Å²) in [6, 6.07) is -0.154. The van der Waals surface area contributed by atoms with Crippen molar-refractivity contribution in [2.24, 2.45) is 0 Å². The third-order valence-electron chi connectivity index (χ3n) is 2.08. The van der Waals surface area contributed by atoms with Crippen LogP contribution in [0.15, 0.2) is 0 Å². The van der Waals surface area contributed by atoms with Gasteiger partial charge in [-0.1, -0.05) is 0 Å². The molecule has 2 N–H and O–H groups in total. The molecule has 0 aliphatic carbocycles. The Bertz CT molecular complexity index is 408. The van der Waals surface area contributed by atoms with E-state index < -0.39 is 18.0 Å². The van der Waals surface area contributed by atoms with Gasteiger partial charge in [0.1, 0.15) is 0 Å². The van der Waals surface area contributed by atoms with Crippen LogP contribution in [0.3, 0.4) is 0 Å². The van der Waals surface area contributed by atoms with Gasteiger partial charge in [0.25, 0.3) is 0 Å². The van der Waals surface area contributed by atoms with E-state index in [1.54, 1.807) is 6.92 Å². The Labute approximate surface area is 105 Å². The summed E-state index contributed by atoms with van der Waals surface area (Å²) in [6.45, 7) is 1.75. The van der Waals surface area contributed by atoms with E-state index in [0.29, 0.717) is 24.4 Å². The minimum Gasteiger partial charge on any atom is -0.481 e. The molecule has 0 spiro atoms. The van der Waals surface area contributed by atoms with Crippen molar-refractivity contribution >= 4 is 22.6 Å².